The maximum atomic E-state index is 11.2. The molecular formula is C11H21NO5. The minimum absolute atomic E-state index is 0.00227. The van der Waals surface area contributed by atoms with E-state index in [4.69, 9.17) is 14.9 Å². The largest absolute Gasteiger partial charge is 0.481 e. The van der Waals surface area contributed by atoms with Crippen LogP contribution in [-0.4, -0.2) is 65.8 Å². The lowest BCUT2D eigenvalue weighted by molar-refractivity contribution is -0.138. The van der Waals surface area contributed by atoms with Gasteiger partial charge in [-0.2, -0.15) is 0 Å². The second-order valence-electron chi connectivity index (χ2n) is 3.80. The molecule has 0 aliphatic rings. The number of aliphatic hydroxyl groups is 1. The van der Waals surface area contributed by atoms with Crippen LogP contribution in [-0.2, 0) is 14.3 Å². The van der Waals surface area contributed by atoms with E-state index in [-0.39, 0.29) is 31.5 Å². The summed E-state index contributed by atoms with van der Waals surface area (Å²) in [5, 5.41) is 17.2. The number of nitrogens with zero attached hydrogens (tertiary/aromatic N) is 1. The first kappa shape index (κ1) is 16.0. The van der Waals surface area contributed by atoms with E-state index in [1.165, 1.54) is 6.92 Å². The number of hydrogen-bond donors (Lipinski definition) is 2. The molecule has 17 heavy (non-hydrogen) atoms. The lowest BCUT2D eigenvalue weighted by Gasteiger charge is -2.26. The summed E-state index contributed by atoms with van der Waals surface area (Å²) in [6, 6.07) is -0.313. The second-order valence-corrected chi connectivity index (χ2v) is 3.80. The number of carboxylic acid groups (broad SMARTS) is 1. The molecule has 6 heteroatoms. The zero-order valence-electron chi connectivity index (χ0n) is 10.4. The van der Waals surface area contributed by atoms with Gasteiger partial charge in [0.1, 0.15) is 5.78 Å². The lowest BCUT2D eigenvalue weighted by Crippen LogP contribution is -2.41. The predicted molar refractivity (Wildman–Crippen MR) is 61.9 cm³/mol. The first-order valence-electron chi connectivity index (χ1n) is 5.64. The van der Waals surface area contributed by atoms with Gasteiger partial charge in [-0.15, -0.1) is 0 Å². The van der Waals surface area contributed by atoms with Gasteiger partial charge in [0, 0.05) is 13.1 Å². The SMILES string of the molecule is CC(=O)C(C)N(CCOCCO)CCC(=O)O. The molecule has 0 aromatic carbocycles. The predicted octanol–water partition coefficient (Wildman–Crippen LogP) is -0.250. The molecule has 2 N–H and O–H groups in total. The zero-order valence-corrected chi connectivity index (χ0v) is 10.4. The van der Waals surface area contributed by atoms with Crippen molar-refractivity contribution >= 4 is 11.8 Å². The average Bonchev–Trinajstić information content (AvgIpc) is 2.26. The van der Waals surface area contributed by atoms with Gasteiger partial charge in [-0.1, -0.05) is 0 Å². The number of rotatable bonds is 10. The highest BCUT2D eigenvalue weighted by molar-refractivity contribution is 5.81. The van der Waals surface area contributed by atoms with Crippen molar-refractivity contribution in [3.05, 3.63) is 0 Å². The van der Waals surface area contributed by atoms with Crippen molar-refractivity contribution in [3.63, 3.8) is 0 Å². The summed E-state index contributed by atoms with van der Waals surface area (Å²) < 4.78 is 5.10. The van der Waals surface area contributed by atoms with Crippen molar-refractivity contribution in [2.45, 2.75) is 26.3 Å². The summed E-state index contributed by atoms with van der Waals surface area (Å²) in [7, 11) is 0. The van der Waals surface area contributed by atoms with E-state index in [9.17, 15) is 9.59 Å². The minimum Gasteiger partial charge on any atom is -0.481 e. The number of carbonyl (C=O) groups is 2. The van der Waals surface area contributed by atoms with Gasteiger partial charge in [0.25, 0.3) is 0 Å². The molecule has 0 aromatic heterocycles. The van der Waals surface area contributed by atoms with Gasteiger partial charge in [0.15, 0.2) is 0 Å². The van der Waals surface area contributed by atoms with Crippen LogP contribution >= 0.6 is 0 Å². The molecule has 0 aromatic rings. The molecule has 0 spiro atoms. The highest BCUT2D eigenvalue weighted by Crippen LogP contribution is 2.02. The van der Waals surface area contributed by atoms with Crippen molar-refractivity contribution in [1.82, 2.24) is 4.90 Å². The highest BCUT2D eigenvalue weighted by atomic mass is 16.5. The normalized spacial score (nSPS) is 12.7. The van der Waals surface area contributed by atoms with Crippen LogP contribution in [0.3, 0.4) is 0 Å². The number of Topliss-reactive ketones (excluding diaryl/α,β-unsaturated/α-hetero) is 1. The molecule has 0 saturated heterocycles. The van der Waals surface area contributed by atoms with Crippen LogP contribution in [0.2, 0.25) is 0 Å². The molecule has 0 rings (SSSR count). The van der Waals surface area contributed by atoms with Gasteiger partial charge < -0.3 is 14.9 Å². The molecule has 0 aliphatic heterocycles. The topological polar surface area (TPSA) is 87.1 Å². The third-order valence-electron chi connectivity index (χ3n) is 2.51. The third kappa shape index (κ3) is 7.84. The Labute approximate surface area is 101 Å². The summed E-state index contributed by atoms with van der Waals surface area (Å²) in [6.45, 7) is 4.60. The number of carboxylic acids is 1. The monoisotopic (exact) mass is 247 g/mol. The maximum absolute atomic E-state index is 11.2. The van der Waals surface area contributed by atoms with Crippen LogP contribution < -0.4 is 0 Å². The molecule has 0 bridgehead atoms. The smallest absolute Gasteiger partial charge is 0.304 e. The Bertz CT molecular complexity index is 244. The van der Waals surface area contributed by atoms with E-state index in [0.29, 0.717) is 19.7 Å². The molecule has 0 saturated carbocycles. The fraction of sp³-hybridized carbons (Fsp3) is 0.818. The fourth-order valence-electron chi connectivity index (χ4n) is 1.34. The van der Waals surface area contributed by atoms with Gasteiger partial charge in [-0.05, 0) is 13.8 Å². The van der Waals surface area contributed by atoms with Crippen molar-refractivity contribution in [2.75, 3.05) is 32.9 Å². The molecule has 0 fully saturated rings. The Morgan fingerprint density at radius 1 is 1.29 bits per heavy atom. The number of ketones is 1. The average molecular weight is 247 g/mol. The molecule has 0 radical (unpaired) electrons. The van der Waals surface area contributed by atoms with Crippen LogP contribution in [0, 0.1) is 0 Å². The van der Waals surface area contributed by atoms with E-state index in [1.807, 2.05) is 0 Å². The summed E-state index contributed by atoms with van der Waals surface area (Å²) >= 11 is 0. The van der Waals surface area contributed by atoms with E-state index in [1.54, 1.807) is 11.8 Å². The van der Waals surface area contributed by atoms with Crippen molar-refractivity contribution < 1.29 is 24.5 Å². The maximum Gasteiger partial charge on any atom is 0.304 e. The Hall–Kier alpha value is -0.980. The number of ether oxygens (including phenoxy) is 1. The molecule has 100 valence electrons. The minimum atomic E-state index is -0.887. The van der Waals surface area contributed by atoms with Crippen LogP contribution in [0.5, 0.6) is 0 Å². The Morgan fingerprint density at radius 2 is 1.94 bits per heavy atom. The van der Waals surface area contributed by atoms with Crippen molar-refractivity contribution in [1.29, 1.82) is 0 Å². The number of hydrogen-bond acceptors (Lipinski definition) is 5. The molecule has 6 nitrogen and oxygen atoms in total. The number of aliphatic hydroxyl groups excluding tert-OH is 1. The van der Waals surface area contributed by atoms with Gasteiger partial charge in [-0.25, -0.2) is 0 Å². The summed E-state index contributed by atoms with van der Waals surface area (Å²) in [4.78, 5) is 23.5. The zero-order chi connectivity index (χ0) is 13.3. The van der Waals surface area contributed by atoms with Crippen LogP contribution in [0.25, 0.3) is 0 Å². The van der Waals surface area contributed by atoms with E-state index in [2.05, 4.69) is 0 Å². The Kier molecular flexibility index (Phi) is 8.57. The third-order valence-corrected chi connectivity index (χ3v) is 2.51. The number of carbonyl (C=O) groups excluding carboxylic acids is 1. The second kappa shape index (κ2) is 9.09. The highest BCUT2D eigenvalue weighted by Gasteiger charge is 2.18. The quantitative estimate of drug-likeness (QED) is 0.518. The van der Waals surface area contributed by atoms with E-state index >= 15 is 0 Å². The van der Waals surface area contributed by atoms with Gasteiger partial charge in [0.2, 0.25) is 0 Å². The molecule has 0 amide bonds. The lowest BCUT2D eigenvalue weighted by atomic mass is 10.2. The molecular weight excluding hydrogens is 226 g/mol. The summed E-state index contributed by atoms with van der Waals surface area (Å²) in [6.07, 6.45) is -0.00236. The van der Waals surface area contributed by atoms with Gasteiger partial charge in [0.05, 0.1) is 32.3 Å². The Morgan fingerprint density at radius 3 is 2.41 bits per heavy atom. The summed E-state index contributed by atoms with van der Waals surface area (Å²) in [5.74, 6) is -0.889. The van der Waals surface area contributed by atoms with E-state index in [0.717, 1.165) is 0 Å². The molecule has 1 unspecified atom stereocenters. The first-order valence-corrected chi connectivity index (χ1v) is 5.64. The van der Waals surface area contributed by atoms with Crippen molar-refractivity contribution in [2.24, 2.45) is 0 Å². The first-order chi connectivity index (χ1) is 7.99. The standard InChI is InChI=1S/C11H21NO5/c1-9(10(2)14)12(4-3-11(15)16)5-7-17-8-6-13/h9,13H,3-8H2,1-2H3,(H,15,16). The molecule has 0 aliphatic carbocycles. The van der Waals surface area contributed by atoms with E-state index < -0.39 is 5.97 Å². The van der Waals surface area contributed by atoms with Crippen LogP contribution in [0.4, 0.5) is 0 Å². The van der Waals surface area contributed by atoms with Gasteiger partial charge >= 0.3 is 5.97 Å². The molecule has 0 heterocycles. The number of aliphatic carboxylic acids is 1. The molecule has 1 atom stereocenters. The fourth-order valence-corrected chi connectivity index (χ4v) is 1.34. The van der Waals surface area contributed by atoms with Crippen molar-refractivity contribution in [3.8, 4) is 0 Å². The summed E-state index contributed by atoms with van der Waals surface area (Å²) in [5.41, 5.74) is 0. The van der Waals surface area contributed by atoms with Crippen LogP contribution in [0.15, 0.2) is 0 Å². The Balaban J connectivity index is 4.10. The van der Waals surface area contributed by atoms with Crippen LogP contribution in [0.1, 0.15) is 20.3 Å². The van der Waals surface area contributed by atoms with Gasteiger partial charge in [-0.3, -0.25) is 14.5 Å².